The van der Waals surface area contributed by atoms with Gasteiger partial charge in [-0.1, -0.05) is 106 Å². The number of nitrogens with one attached hydrogen (secondary N) is 2. The molecule has 4 heterocycles. The maximum absolute atomic E-state index is 13.1. The maximum atomic E-state index is 13.1. The Morgan fingerprint density at radius 2 is 1.60 bits per heavy atom. The summed E-state index contributed by atoms with van der Waals surface area (Å²) in [5.41, 5.74) is 2.97. The Balaban J connectivity index is 0.881. The van der Waals surface area contributed by atoms with Crippen LogP contribution >= 0.6 is 0 Å². The van der Waals surface area contributed by atoms with E-state index in [9.17, 15) is 19.8 Å². The van der Waals surface area contributed by atoms with E-state index in [1.165, 1.54) is 0 Å². The van der Waals surface area contributed by atoms with Crippen LogP contribution in [0.3, 0.4) is 0 Å². The number of unbranched alkanes of at least 4 members (excludes halogenated alkanes) is 2. The first kappa shape index (κ1) is 49.8. The van der Waals surface area contributed by atoms with Crippen molar-refractivity contribution in [3.8, 4) is 11.5 Å². The van der Waals surface area contributed by atoms with Crippen LogP contribution in [0.25, 0.3) is 6.08 Å². The van der Waals surface area contributed by atoms with Gasteiger partial charge in [0.25, 0.3) is 0 Å². The SMILES string of the molecule is CC(C)(CC[C@@H](O[Si](C)(C)C(C)(C)C)c1ccc(OCc2ccccc2)c2c1C=CCN2)OC(=O)NCCCCCOc1ccc(C(O)(C(=O)O)c2ccccc2[C@@H]2CN3CCC2CC3)cc1. The molecule has 3 fully saturated rings. The van der Waals surface area contributed by atoms with E-state index in [2.05, 4.69) is 79.7 Å². The number of hydrogen-bond acceptors (Lipinski definition) is 9. The van der Waals surface area contributed by atoms with E-state index in [0.29, 0.717) is 61.9 Å². The highest BCUT2D eigenvalue weighted by Crippen LogP contribution is 2.46. The van der Waals surface area contributed by atoms with E-state index in [1.807, 2.05) is 50.2 Å². The molecule has 4 aromatic rings. The van der Waals surface area contributed by atoms with Crippen LogP contribution < -0.4 is 20.1 Å². The molecule has 1 unspecified atom stereocenters. The molecule has 0 spiro atoms. The minimum absolute atomic E-state index is 0.000378. The summed E-state index contributed by atoms with van der Waals surface area (Å²) in [5.74, 6) is 0.791. The monoisotopic (exact) mass is 932 g/mol. The zero-order valence-corrected chi connectivity index (χ0v) is 41.7. The number of anilines is 1. The molecule has 0 aliphatic carbocycles. The molecular weight excluding hydrogens is 859 g/mol. The molecule has 4 aliphatic rings. The van der Waals surface area contributed by atoms with Gasteiger partial charge in [0.2, 0.25) is 5.60 Å². The molecule has 1 amide bonds. The van der Waals surface area contributed by atoms with Crippen LogP contribution in [0.4, 0.5) is 10.5 Å². The fourth-order valence-electron chi connectivity index (χ4n) is 9.52. The summed E-state index contributed by atoms with van der Waals surface area (Å²) in [6.45, 7) is 20.4. The predicted molar refractivity (Wildman–Crippen MR) is 268 cm³/mol. The van der Waals surface area contributed by atoms with Gasteiger partial charge in [0, 0.05) is 30.8 Å². The number of carbonyl (C=O) groups is 2. The zero-order valence-electron chi connectivity index (χ0n) is 40.7. The second-order valence-corrected chi connectivity index (χ2v) is 25.5. The van der Waals surface area contributed by atoms with E-state index in [1.54, 1.807) is 36.4 Å². The van der Waals surface area contributed by atoms with Gasteiger partial charge in [-0.05, 0) is 142 Å². The van der Waals surface area contributed by atoms with E-state index < -0.39 is 31.6 Å². The number of alkyl carbamates (subject to hydrolysis) is 1. The molecule has 3 saturated heterocycles. The number of amides is 1. The molecule has 4 aromatic carbocycles. The average molecular weight is 932 g/mol. The van der Waals surface area contributed by atoms with Crippen molar-refractivity contribution >= 4 is 32.1 Å². The molecule has 0 saturated carbocycles. The molecule has 8 rings (SSSR count). The summed E-state index contributed by atoms with van der Waals surface area (Å²) < 4.78 is 25.5. The Morgan fingerprint density at radius 3 is 2.28 bits per heavy atom. The number of rotatable bonds is 21. The van der Waals surface area contributed by atoms with Crippen LogP contribution in [-0.4, -0.2) is 80.4 Å². The number of nitrogens with zero attached hydrogens (tertiary/aromatic N) is 1. The first-order valence-corrected chi connectivity index (χ1v) is 27.3. The largest absolute Gasteiger partial charge is 0.494 e. The standard InChI is InChI=1S/C55H73N3O8Si/c1-53(2,3)67(6,7)66-48(44-26-27-49(50-45(44)20-16-33-56-50)64-38-39-17-10-8-11-18-39)28-31-54(4,5)65-52(61)57-32-14-9-15-36-63-42-24-22-41(23-25-42)55(62,51(59)60)47-21-13-12-19-43(47)46-37-58-34-29-40(46)30-35-58/h8,10-13,16-27,40,46,48,56,62H,9,14-15,28-38H2,1-7H3,(H,57,61)(H,59,60)/t46-,48-,55?/m1/s1. The van der Waals surface area contributed by atoms with Gasteiger partial charge < -0.3 is 44.4 Å². The maximum Gasteiger partial charge on any atom is 0.407 e. The number of carboxylic acids is 1. The Morgan fingerprint density at radius 1 is 0.881 bits per heavy atom. The number of ether oxygens (including phenoxy) is 3. The minimum atomic E-state index is -2.22. The van der Waals surface area contributed by atoms with Gasteiger partial charge in [0.05, 0.1) is 18.4 Å². The Kier molecular flexibility index (Phi) is 15.9. The van der Waals surface area contributed by atoms with Crippen molar-refractivity contribution in [3.63, 3.8) is 0 Å². The molecule has 3 atom stereocenters. The second kappa shape index (κ2) is 21.4. The number of hydrogen-bond donors (Lipinski definition) is 4. The van der Waals surface area contributed by atoms with Crippen LogP contribution in [0, 0.1) is 5.92 Å². The third kappa shape index (κ3) is 12.1. The van der Waals surface area contributed by atoms with Crippen LogP contribution in [0.15, 0.2) is 97.1 Å². The topological polar surface area (TPSA) is 139 Å². The molecule has 2 bridgehead atoms. The summed E-state index contributed by atoms with van der Waals surface area (Å²) in [6.07, 6.45) is 9.42. The molecule has 4 aliphatic heterocycles. The first-order chi connectivity index (χ1) is 31.9. The number of aliphatic carboxylic acids is 1. The lowest BCUT2D eigenvalue weighted by atomic mass is 9.71. The molecule has 0 aromatic heterocycles. The Bertz CT molecular complexity index is 2320. The lowest BCUT2D eigenvalue weighted by molar-refractivity contribution is -0.155. The highest BCUT2D eigenvalue weighted by molar-refractivity contribution is 6.74. The van der Waals surface area contributed by atoms with Crippen LogP contribution in [0.1, 0.15) is 125 Å². The third-order valence-corrected chi connectivity index (χ3v) is 19.0. The van der Waals surface area contributed by atoms with Crippen molar-refractivity contribution in [1.29, 1.82) is 0 Å². The zero-order chi connectivity index (χ0) is 47.8. The van der Waals surface area contributed by atoms with Gasteiger partial charge in [-0.15, -0.1) is 0 Å². The minimum Gasteiger partial charge on any atom is -0.494 e. The highest BCUT2D eigenvalue weighted by atomic mass is 28.4. The second-order valence-electron chi connectivity index (χ2n) is 20.8. The molecule has 12 heteroatoms. The van der Waals surface area contributed by atoms with Gasteiger partial charge >= 0.3 is 12.1 Å². The number of benzene rings is 4. The van der Waals surface area contributed by atoms with Crippen LogP contribution in [0.5, 0.6) is 11.5 Å². The first-order valence-electron chi connectivity index (χ1n) is 24.3. The average Bonchev–Trinajstić information content (AvgIpc) is 3.32. The Labute approximate surface area is 399 Å². The van der Waals surface area contributed by atoms with E-state index in [4.69, 9.17) is 18.6 Å². The summed E-state index contributed by atoms with van der Waals surface area (Å²) >= 11 is 0. The van der Waals surface area contributed by atoms with Crippen LogP contribution in [-0.2, 0) is 26.2 Å². The lowest BCUT2D eigenvalue weighted by Gasteiger charge is -2.46. The number of piperidine rings is 3. The molecule has 360 valence electrons. The molecular formula is C55H73N3O8Si. The van der Waals surface area contributed by atoms with Gasteiger partial charge in [0.15, 0.2) is 8.32 Å². The van der Waals surface area contributed by atoms with Crippen molar-refractivity contribution in [2.45, 2.75) is 128 Å². The quantitative estimate of drug-likeness (QED) is 0.0472. The van der Waals surface area contributed by atoms with E-state index in [0.717, 1.165) is 85.4 Å². The Hall–Kier alpha value is -5.14. The van der Waals surface area contributed by atoms with Gasteiger partial charge in [-0.2, -0.15) is 0 Å². The van der Waals surface area contributed by atoms with Crippen molar-refractivity contribution in [2.75, 3.05) is 44.6 Å². The van der Waals surface area contributed by atoms with E-state index >= 15 is 0 Å². The van der Waals surface area contributed by atoms with Crippen molar-refractivity contribution in [2.24, 2.45) is 5.92 Å². The van der Waals surface area contributed by atoms with Crippen molar-refractivity contribution in [3.05, 3.63) is 130 Å². The lowest BCUT2D eigenvalue weighted by Crippen LogP contribution is -2.47. The predicted octanol–water partition coefficient (Wildman–Crippen LogP) is 11.4. The summed E-state index contributed by atoms with van der Waals surface area (Å²) in [5, 5.41) is 28.9. The molecule has 4 N–H and O–H groups in total. The van der Waals surface area contributed by atoms with Crippen molar-refractivity contribution < 1.29 is 38.4 Å². The van der Waals surface area contributed by atoms with Gasteiger partial charge in [0.1, 0.15) is 23.7 Å². The van der Waals surface area contributed by atoms with Gasteiger partial charge in [-0.25, -0.2) is 9.59 Å². The fraction of sp³-hybridized carbons (Fsp3) is 0.491. The van der Waals surface area contributed by atoms with E-state index in [-0.39, 0.29) is 17.1 Å². The molecule has 11 nitrogen and oxygen atoms in total. The number of aliphatic hydroxyl groups is 1. The van der Waals surface area contributed by atoms with Gasteiger partial charge in [-0.3, -0.25) is 0 Å². The summed E-state index contributed by atoms with van der Waals surface area (Å²) in [4.78, 5) is 28.4. The normalized spacial score (nSPS) is 19.4. The number of carbonyl (C=O) groups excluding carboxylic acids is 1. The smallest absolute Gasteiger partial charge is 0.407 e. The summed E-state index contributed by atoms with van der Waals surface area (Å²) in [6, 6.07) is 28.6. The highest BCUT2D eigenvalue weighted by Gasteiger charge is 2.45. The fourth-order valence-corrected chi connectivity index (χ4v) is 10.8. The van der Waals surface area contributed by atoms with Crippen LogP contribution in [0.2, 0.25) is 18.1 Å². The number of carboxylic acid groups (broad SMARTS) is 1. The van der Waals surface area contributed by atoms with Crippen molar-refractivity contribution in [1.82, 2.24) is 10.2 Å². The molecule has 0 radical (unpaired) electrons. The molecule has 67 heavy (non-hydrogen) atoms. The number of fused-ring (bicyclic) bond motifs is 4. The summed E-state index contributed by atoms with van der Waals surface area (Å²) in [7, 11) is -2.22. The third-order valence-electron chi connectivity index (χ3n) is 14.5.